The minimum Gasteiger partial charge on any atom is -0.508 e. The zero-order valence-electron chi connectivity index (χ0n) is 20.5. The number of hydrogen-bond acceptors (Lipinski definition) is 8. The molecule has 188 valence electrons. The van der Waals surface area contributed by atoms with Crippen molar-refractivity contribution < 1.29 is 9.50 Å². The fraction of sp³-hybridized carbons (Fsp3) is 0.0690. The minimum atomic E-state index is -0.556. The van der Waals surface area contributed by atoms with E-state index >= 15 is 0 Å². The van der Waals surface area contributed by atoms with Crippen LogP contribution in [0.2, 0.25) is 0 Å². The van der Waals surface area contributed by atoms with Crippen molar-refractivity contribution in [2.45, 2.75) is 13.3 Å². The molecule has 5 aromatic rings. The number of nitrogens with zero attached hydrogens (tertiary/aromatic N) is 5. The van der Waals surface area contributed by atoms with Crippen molar-refractivity contribution in [3.05, 3.63) is 108 Å². The van der Waals surface area contributed by atoms with Gasteiger partial charge in [-0.15, -0.1) is 0 Å². The number of halogens is 1. The number of pyridine rings is 2. The number of phenolic OH excluding ortho intramolecular Hbond substituents is 1. The van der Waals surface area contributed by atoms with Crippen molar-refractivity contribution in [1.29, 1.82) is 0 Å². The fourth-order valence-electron chi connectivity index (χ4n) is 3.72. The van der Waals surface area contributed by atoms with E-state index in [1.807, 2.05) is 67.6 Å². The quantitative estimate of drug-likeness (QED) is 0.170. The number of aryl methyl sites for hydroxylation is 1. The van der Waals surface area contributed by atoms with Gasteiger partial charge < -0.3 is 10.4 Å². The van der Waals surface area contributed by atoms with Crippen LogP contribution in [0.5, 0.6) is 5.75 Å². The van der Waals surface area contributed by atoms with Gasteiger partial charge in [0.15, 0.2) is 5.82 Å². The molecule has 3 heterocycles. The average molecular weight is 506 g/mol. The van der Waals surface area contributed by atoms with E-state index in [1.165, 1.54) is 6.21 Å². The lowest BCUT2D eigenvalue weighted by Gasteiger charge is -2.08. The maximum atomic E-state index is 14.3. The Morgan fingerprint density at radius 2 is 1.68 bits per heavy atom. The van der Waals surface area contributed by atoms with Gasteiger partial charge >= 0.3 is 0 Å². The van der Waals surface area contributed by atoms with Crippen molar-refractivity contribution in [3.63, 3.8) is 0 Å². The topological polar surface area (TPSA) is 108 Å². The highest BCUT2D eigenvalue weighted by Crippen LogP contribution is 2.26. The van der Waals surface area contributed by atoms with Gasteiger partial charge in [0.2, 0.25) is 5.95 Å². The van der Waals surface area contributed by atoms with E-state index in [9.17, 15) is 9.50 Å². The number of nitrogens with one attached hydrogen (secondary N) is 2. The van der Waals surface area contributed by atoms with E-state index in [1.54, 1.807) is 24.4 Å². The number of aromatic hydroxyl groups is 1. The molecule has 0 aliphatic rings. The minimum absolute atomic E-state index is 0.108. The second-order valence-corrected chi connectivity index (χ2v) is 8.35. The van der Waals surface area contributed by atoms with E-state index < -0.39 is 5.82 Å². The molecule has 0 aliphatic carbocycles. The van der Waals surface area contributed by atoms with Gasteiger partial charge in [-0.05, 0) is 66.1 Å². The molecule has 0 bridgehead atoms. The number of phenols is 1. The van der Waals surface area contributed by atoms with Crippen LogP contribution in [0.15, 0.2) is 96.4 Å². The summed E-state index contributed by atoms with van der Waals surface area (Å²) < 4.78 is 14.3. The molecule has 0 spiro atoms. The van der Waals surface area contributed by atoms with Crippen molar-refractivity contribution >= 4 is 23.5 Å². The molecule has 3 N–H and O–H groups in total. The van der Waals surface area contributed by atoms with Gasteiger partial charge in [-0.25, -0.2) is 19.8 Å². The number of aromatic nitrogens is 4. The van der Waals surface area contributed by atoms with Gasteiger partial charge in [-0.3, -0.25) is 9.97 Å². The smallest absolute Gasteiger partial charge is 0.244 e. The number of hydrogen-bond donors (Lipinski definition) is 3. The maximum absolute atomic E-state index is 14.3. The van der Waals surface area contributed by atoms with E-state index in [0.29, 0.717) is 11.4 Å². The Kier molecular flexibility index (Phi) is 7.26. The van der Waals surface area contributed by atoms with Crippen molar-refractivity contribution in [2.75, 3.05) is 10.7 Å². The Morgan fingerprint density at radius 1 is 0.868 bits per heavy atom. The second-order valence-electron chi connectivity index (χ2n) is 8.35. The third-order valence-corrected chi connectivity index (χ3v) is 5.66. The first-order valence-electron chi connectivity index (χ1n) is 12.0. The third kappa shape index (κ3) is 5.96. The van der Waals surface area contributed by atoms with Gasteiger partial charge in [-0.2, -0.15) is 5.10 Å². The molecule has 0 amide bonds. The van der Waals surface area contributed by atoms with Gasteiger partial charge in [0.1, 0.15) is 11.4 Å². The molecule has 38 heavy (non-hydrogen) atoms. The maximum Gasteiger partial charge on any atom is 0.244 e. The van der Waals surface area contributed by atoms with Crippen LogP contribution in [0.1, 0.15) is 18.3 Å². The average Bonchev–Trinajstić information content (AvgIpc) is 2.95. The monoisotopic (exact) mass is 505 g/mol. The molecule has 8 nitrogen and oxygen atoms in total. The van der Waals surface area contributed by atoms with E-state index in [0.717, 1.165) is 40.8 Å². The molecule has 0 fully saturated rings. The molecule has 0 aliphatic heterocycles. The highest BCUT2D eigenvalue weighted by atomic mass is 19.1. The molecule has 0 unspecified atom stereocenters. The van der Waals surface area contributed by atoms with Gasteiger partial charge in [0.05, 0.1) is 35.7 Å². The standard InChI is InChI=1S/C29H24FN7O/c1-2-21-6-4-8-27(35-21)28-26(30)18-32-29(36-28)37-33-17-23-13-14-24(16-31-23)34-22-11-9-19(10-12-22)20-5-3-7-25(38)15-20/h3-18,34,38H,2H2,1H3,(H,32,36,37)/b33-17+. The largest absolute Gasteiger partial charge is 0.508 e. The highest BCUT2D eigenvalue weighted by molar-refractivity contribution is 5.78. The Balaban J connectivity index is 1.21. The van der Waals surface area contributed by atoms with Gasteiger partial charge in [-0.1, -0.05) is 37.3 Å². The lowest BCUT2D eigenvalue weighted by atomic mass is 10.1. The highest BCUT2D eigenvalue weighted by Gasteiger charge is 2.11. The van der Waals surface area contributed by atoms with Crippen molar-refractivity contribution in [3.8, 4) is 28.3 Å². The van der Waals surface area contributed by atoms with Crippen LogP contribution in [0.3, 0.4) is 0 Å². The summed E-state index contributed by atoms with van der Waals surface area (Å²) >= 11 is 0. The number of benzene rings is 2. The Labute approximate surface area is 219 Å². The Morgan fingerprint density at radius 3 is 2.45 bits per heavy atom. The van der Waals surface area contributed by atoms with Crippen molar-refractivity contribution in [1.82, 2.24) is 19.9 Å². The van der Waals surface area contributed by atoms with E-state index in [2.05, 4.69) is 35.8 Å². The zero-order chi connectivity index (χ0) is 26.3. The van der Waals surface area contributed by atoms with E-state index in [4.69, 9.17) is 0 Å². The molecule has 0 saturated heterocycles. The number of anilines is 3. The fourth-order valence-corrected chi connectivity index (χ4v) is 3.72. The molecule has 3 aromatic heterocycles. The summed E-state index contributed by atoms with van der Waals surface area (Å²) in [6, 6.07) is 24.1. The SMILES string of the molecule is CCc1cccc(-c2nc(N/N=C/c3ccc(Nc4ccc(-c5cccc(O)c5)cc4)cn3)ncc2F)n1. The molecular weight excluding hydrogens is 481 g/mol. The first kappa shape index (κ1) is 24.5. The summed E-state index contributed by atoms with van der Waals surface area (Å²) in [4.78, 5) is 17.0. The molecule has 9 heteroatoms. The summed E-state index contributed by atoms with van der Waals surface area (Å²) in [7, 11) is 0. The van der Waals surface area contributed by atoms with Crippen LogP contribution < -0.4 is 10.7 Å². The summed E-state index contributed by atoms with van der Waals surface area (Å²) in [6.07, 6.45) is 5.05. The summed E-state index contributed by atoms with van der Waals surface area (Å²) in [5.41, 5.74) is 8.40. The lowest BCUT2D eigenvalue weighted by Crippen LogP contribution is -2.02. The van der Waals surface area contributed by atoms with Crippen molar-refractivity contribution in [2.24, 2.45) is 5.10 Å². The van der Waals surface area contributed by atoms with Gasteiger partial charge in [0, 0.05) is 11.4 Å². The Bertz CT molecular complexity index is 1570. The normalized spacial score (nSPS) is 11.0. The molecule has 5 rings (SSSR count). The van der Waals surface area contributed by atoms with Crippen LogP contribution in [-0.2, 0) is 6.42 Å². The van der Waals surface area contributed by atoms with Crippen LogP contribution >= 0.6 is 0 Å². The van der Waals surface area contributed by atoms with Crippen LogP contribution in [0.4, 0.5) is 21.7 Å². The number of rotatable bonds is 8. The van der Waals surface area contributed by atoms with Crippen LogP contribution in [-0.4, -0.2) is 31.3 Å². The summed E-state index contributed by atoms with van der Waals surface area (Å²) in [6.45, 7) is 1.98. The Hall–Kier alpha value is -5.18. The number of hydrazone groups is 1. The first-order valence-corrected chi connectivity index (χ1v) is 12.0. The third-order valence-electron chi connectivity index (χ3n) is 5.66. The first-order chi connectivity index (χ1) is 18.6. The predicted molar refractivity (Wildman–Crippen MR) is 147 cm³/mol. The predicted octanol–water partition coefficient (Wildman–Crippen LogP) is 6.20. The molecular formula is C29H24FN7O. The molecule has 2 aromatic carbocycles. The van der Waals surface area contributed by atoms with Crippen LogP contribution in [0.25, 0.3) is 22.5 Å². The molecule has 0 saturated carbocycles. The summed E-state index contributed by atoms with van der Waals surface area (Å²) in [5.74, 6) is -0.174. The molecule has 0 atom stereocenters. The van der Waals surface area contributed by atoms with Crippen LogP contribution in [0, 0.1) is 5.82 Å². The second kappa shape index (κ2) is 11.3. The molecule has 0 radical (unpaired) electrons. The van der Waals surface area contributed by atoms with E-state index in [-0.39, 0.29) is 17.4 Å². The van der Waals surface area contributed by atoms with Gasteiger partial charge in [0.25, 0.3) is 0 Å². The summed E-state index contributed by atoms with van der Waals surface area (Å²) in [5, 5.41) is 17.1. The lowest BCUT2D eigenvalue weighted by molar-refractivity contribution is 0.475. The zero-order valence-corrected chi connectivity index (χ0v) is 20.5.